The Hall–Kier alpha value is -0.940. The van der Waals surface area contributed by atoms with Crippen LogP contribution in [0.5, 0.6) is 17.2 Å². The Labute approximate surface area is 108 Å². The number of rotatable bonds is 3. The summed E-state index contributed by atoms with van der Waals surface area (Å²) in [5, 5.41) is 10.00. The largest absolute Gasteiger partial charge is 0.495 e. The zero-order valence-corrected chi connectivity index (χ0v) is 11.0. The maximum atomic E-state index is 10.00. The number of halogens is 1. The second-order valence-electron chi connectivity index (χ2n) is 4.52. The van der Waals surface area contributed by atoms with Gasteiger partial charge in [-0.15, -0.1) is 0 Å². The number of methoxy groups -OCH3 is 1. The van der Waals surface area contributed by atoms with Gasteiger partial charge in [-0.25, -0.2) is 0 Å². The lowest BCUT2D eigenvalue weighted by Gasteiger charge is -2.14. The first-order chi connectivity index (χ1) is 8.13. The summed E-state index contributed by atoms with van der Waals surface area (Å²) in [4.78, 5) is 0. The van der Waals surface area contributed by atoms with Crippen LogP contribution in [0, 0.1) is 0 Å². The molecule has 0 amide bonds. The molecule has 2 aliphatic rings. The minimum absolute atomic E-state index is 0.227. The highest BCUT2D eigenvalue weighted by atomic mass is 79.9. The predicted molar refractivity (Wildman–Crippen MR) is 64.7 cm³/mol. The number of aliphatic hydroxyl groups is 1. The third-order valence-electron chi connectivity index (χ3n) is 3.19. The first-order valence-corrected chi connectivity index (χ1v) is 6.30. The SMILES string of the molecule is COc1c(CC2(O)CC2)cc2c(c1Br)OCO2. The minimum atomic E-state index is -0.555. The average molecular weight is 301 g/mol. The second kappa shape index (κ2) is 3.78. The third kappa shape index (κ3) is 1.87. The molecule has 1 aliphatic carbocycles. The topological polar surface area (TPSA) is 47.9 Å². The molecule has 1 fully saturated rings. The van der Waals surface area contributed by atoms with Crippen molar-refractivity contribution in [3.05, 3.63) is 16.1 Å². The lowest BCUT2D eigenvalue weighted by molar-refractivity contribution is 0.150. The Morgan fingerprint density at radius 1 is 1.47 bits per heavy atom. The summed E-state index contributed by atoms with van der Waals surface area (Å²) < 4.78 is 16.9. The Morgan fingerprint density at radius 2 is 2.24 bits per heavy atom. The molecule has 1 N–H and O–H groups in total. The van der Waals surface area contributed by atoms with Crippen molar-refractivity contribution in [1.82, 2.24) is 0 Å². The quantitative estimate of drug-likeness (QED) is 0.930. The summed E-state index contributed by atoms with van der Waals surface area (Å²) in [6.07, 6.45) is 2.29. The molecule has 5 heteroatoms. The van der Waals surface area contributed by atoms with Crippen molar-refractivity contribution in [3.63, 3.8) is 0 Å². The molecule has 3 rings (SSSR count). The van der Waals surface area contributed by atoms with Crippen LogP contribution >= 0.6 is 15.9 Å². The van der Waals surface area contributed by atoms with Crippen molar-refractivity contribution in [2.75, 3.05) is 13.9 Å². The molecule has 1 aliphatic heterocycles. The van der Waals surface area contributed by atoms with Crippen molar-refractivity contribution >= 4 is 15.9 Å². The fourth-order valence-corrected chi connectivity index (χ4v) is 2.79. The molecular formula is C12H13BrO4. The number of hydrogen-bond donors (Lipinski definition) is 1. The smallest absolute Gasteiger partial charge is 0.231 e. The Bertz CT molecular complexity index is 468. The summed E-state index contributed by atoms with van der Waals surface area (Å²) in [7, 11) is 1.61. The van der Waals surface area contributed by atoms with E-state index in [2.05, 4.69) is 15.9 Å². The van der Waals surface area contributed by atoms with Crippen LogP contribution in [-0.4, -0.2) is 24.6 Å². The molecule has 1 heterocycles. The van der Waals surface area contributed by atoms with Crippen LogP contribution in [0.1, 0.15) is 18.4 Å². The average Bonchev–Trinajstić information content (AvgIpc) is 2.83. The van der Waals surface area contributed by atoms with Crippen LogP contribution in [0.25, 0.3) is 0 Å². The maximum absolute atomic E-state index is 10.00. The molecule has 4 nitrogen and oxygen atoms in total. The maximum Gasteiger partial charge on any atom is 0.231 e. The normalized spacial score (nSPS) is 19.2. The summed E-state index contributed by atoms with van der Waals surface area (Å²) in [6.45, 7) is 0.227. The highest BCUT2D eigenvalue weighted by Gasteiger charge is 2.41. The van der Waals surface area contributed by atoms with E-state index in [4.69, 9.17) is 14.2 Å². The van der Waals surface area contributed by atoms with Crippen molar-refractivity contribution in [3.8, 4) is 17.2 Å². The monoisotopic (exact) mass is 300 g/mol. The molecule has 0 bridgehead atoms. The van der Waals surface area contributed by atoms with Gasteiger partial charge in [-0.05, 0) is 34.8 Å². The third-order valence-corrected chi connectivity index (χ3v) is 3.91. The first kappa shape index (κ1) is 11.2. The molecule has 1 aromatic carbocycles. The Morgan fingerprint density at radius 3 is 2.88 bits per heavy atom. The molecule has 0 radical (unpaired) electrons. The molecular weight excluding hydrogens is 288 g/mol. The molecule has 1 aromatic rings. The molecule has 0 saturated heterocycles. The fourth-order valence-electron chi connectivity index (χ4n) is 2.06. The van der Waals surface area contributed by atoms with Crippen LogP contribution in [0.3, 0.4) is 0 Å². The molecule has 0 unspecified atom stereocenters. The van der Waals surface area contributed by atoms with Crippen molar-refractivity contribution < 1.29 is 19.3 Å². The first-order valence-electron chi connectivity index (χ1n) is 5.50. The molecule has 0 spiro atoms. The summed E-state index contributed by atoms with van der Waals surface area (Å²) in [5.74, 6) is 2.10. The van der Waals surface area contributed by atoms with E-state index in [1.807, 2.05) is 6.07 Å². The highest BCUT2D eigenvalue weighted by molar-refractivity contribution is 9.10. The van der Waals surface area contributed by atoms with E-state index in [9.17, 15) is 5.11 Å². The Kier molecular flexibility index (Phi) is 2.48. The van der Waals surface area contributed by atoms with Crippen LogP contribution < -0.4 is 14.2 Å². The standard InChI is InChI=1S/C12H13BrO4/c1-15-10-7(5-12(14)2-3-12)4-8-11(9(10)13)17-6-16-8/h4,14H,2-3,5-6H2,1H3. The van der Waals surface area contributed by atoms with Gasteiger partial charge in [0.25, 0.3) is 0 Å². The predicted octanol–water partition coefficient (Wildman–Crippen LogP) is 2.25. The van der Waals surface area contributed by atoms with Crippen molar-refractivity contribution in [2.24, 2.45) is 0 Å². The number of benzene rings is 1. The Balaban J connectivity index is 2.04. The van der Waals surface area contributed by atoms with Crippen molar-refractivity contribution in [1.29, 1.82) is 0 Å². The van der Waals surface area contributed by atoms with E-state index in [1.54, 1.807) is 7.11 Å². The molecule has 92 valence electrons. The van der Waals surface area contributed by atoms with E-state index in [1.165, 1.54) is 0 Å². The van der Waals surface area contributed by atoms with E-state index in [0.29, 0.717) is 17.9 Å². The molecule has 1 saturated carbocycles. The number of fused-ring (bicyclic) bond motifs is 1. The zero-order chi connectivity index (χ0) is 12.0. The lowest BCUT2D eigenvalue weighted by atomic mass is 10.0. The van der Waals surface area contributed by atoms with Gasteiger partial charge in [0.1, 0.15) is 10.2 Å². The van der Waals surface area contributed by atoms with Gasteiger partial charge in [-0.3, -0.25) is 0 Å². The highest BCUT2D eigenvalue weighted by Crippen LogP contribution is 2.49. The van der Waals surface area contributed by atoms with Crippen LogP contribution in [-0.2, 0) is 6.42 Å². The van der Waals surface area contributed by atoms with Crippen LogP contribution in [0.2, 0.25) is 0 Å². The minimum Gasteiger partial charge on any atom is -0.495 e. The lowest BCUT2D eigenvalue weighted by Crippen LogP contribution is -2.11. The molecule has 0 atom stereocenters. The van der Waals surface area contributed by atoms with Crippen LogP contribution in [0.4, 0.5) is 0 Å². The zero-order valence-electron chi connectivity index (χ0n) is 9.46. The van der Waals surface area contributed by atoms with Gasteiger partial charge in [0.2, 0.25) is 6.79 Å². The summed E-state index contributed by atoms with van der Waals surface area (Å²) in [5.41, 5.74) is 0.393. The number of ether oxygens (including phenoxy) is 3. The van der Waals surface area contributed by atoms with E-state index in [-0.39, 0.29) is 6.79 Å². The number of hydrogen-bond acceptors (Lipinski definition) is 4. The summed E-state index contributed by atoms with van der Waals surface area (Å²) in [6, 6.07) is 1.89. The van der Waals surface area contributed by atoms with E-state index >= 15 is 0 Å². The van der Waals surface area contributed by atoms with Gasteiger partial charge < -0.3 is 19.3 Å². The van der Waals surface area contributed by atoms with Gasteiger partial charge in [0, 0.05) is 12.0 Å². The second-order valence-corrected chi connectivity index (χ2v) is 5.31. The fraction of sp³-hybridized carbons (Fsp3) is 0.500. The summed E-state index contributed by atoms with van der Waals surface area (Å²) >= 11 is 3.46. The van der Waals surface area contributed by atoms with Gasteiger partial charge >= 0.3 is 0 Å². The van der Waals surface area contributed by atoms with E-state index < -0.39 is 5.60 Å². The van der Waals surface area contributed by atoms with Crippen molar-refractivity contribution in [2.45, 2.75) is 24.9 Å². The van der Waals surface area contributed by atoms with Crippen LogP contribution in [0.15, 0.2) is 10.5 Å². The van der Waals surface area contributed by atoms with Gasteiger partial charge in [0.05, 0.1) is 12.7 Å². The van der Waals surface area contributed by atoms with Gasteiger partial charge in [0.15, 0.2) is 11.5 Å². The van der Waals surface area contributed by atoms with Gasteiger partial charge in [-0.1, -0.05) is 0 Å². The van der Waals surface area contributed by atoms with E-state index in [0.717, 1.165) is 28.6 Å². The van der Waals surface area contributed by atoms with Gasteiger partial charge in [-0.2, -0.15) is 0 Å². The molecule has 17 heavy (non-hydrogen) atoms. The molecule has 0 aromatic heterocycles.